The second kappa shape index (κ2) is 5.34. The highest BCUT2D eigenvalue weighted by Crippen LogP contribution is 2.27. The molecule has 0 amide bonds. The summed E-state index contributed by atoms with van der Waals surface area (Å²) < 4.78 is 15.3. The fourth-order valence-corrected chi connectivity index (χ4v) is 2.17. The number of rotatable bonds is 4. The number of ketones is 1. The van der Waals surface area contributed by atoms with E-state index in [4.69, 9.17) is 0 Å². The highest BCUT2D eigenvalue weighted by atomic mass is 19.1. The maximum absolute atomic E-state index is 13.4. The molecule has 0 radical (unpaired) electrons. The zero-order valence-electron chi connectivity index (χ0n) is 11.4. The van der Waals surface area contributed by atoms with E-state index in [1.54, 1.807) is 0 Å². The van der Waals surface area contributed by atoms with Crippen molar-refractivity contribution in [3.8, 4) is 11.1 Å². The summed E-state index contributed by atoms with van der Waals surface area (Å²) in [5, 5.41) is 4.39. The first-order chi connectivity index (χ1) is 9.02. The number of hydrogen-bond donors (Lipinski definition) is 0. The Kier molecular flexibility index (Phi) is 3.79. The third-order valence-electron chi connectivity index (χ3n) is 3.05. The minimum absolute atomic E-state index is 0.0716. The van der Waals surface area contributed by atoms with Gasteiger partial charge in [-0.05, 0) is 44.0 Å². The molecule has 1 heterocycles. The predicted octanol–water partition coefficient (Wildman–Crippen LogP) is 3.61. The van der Waals surface area contributed by atoms with Gasteiger partial charge in [-0.1, -0.05) is 6.92 Å². The lowest BCUT2D eigenvalue weighted by molar-refractivity contribution is 0.101. The van der Waals surface area contributed by atoms with E-state index in [0.717, 1.165) is 24.2 Å². The SMILES string of the molecule is CCCn1cc(-c2cc(F)ccc2C(C)=O)c(C)n1. The smallest absolute Gasteiger partial charge is 0.160 e. The van der Waals surface area contributed by atoms with Gasteiger partial charge >= 0.3 is 0 Å². The number of halogens is 1. The van der Waals surface area contributed by atoms with Crippen molar-refractivity contribution < 1.29 is 9.18 Å². The Morgan fingerprint density at radius 3 is 2.74 bits per heavy atom. The van der Waals surface area contributed by atoms with Gasteiger partial charge in [0.05, 0.1) is 5.69 Å². The van der Waals surface area contributed by atoms with Gasteiger partial charge in [-0.2, -0.15) is 5.10 Å². The van der Waals surface area contributed by atoms with Crippen LogP contribution in [0.1, 0.15) is 36.3 Å². The number of hydrogen-bond acceptors (Lipinski definition) is 2. The molecule has 2 aromatic rings. The normalized spacial score (nSPS) is 10.7. The Hall–Kier alpha value is -1.97. The zero-order chi connectivity index (χ0) is 14.0. The molecule has 3 nitrogen and oxygen atoms in total. The van der Waals surface area contributed by atoms with Gasteiger partial charge in [0, 0.05) is 23.9 Å². The van der Waals surface area contributed by atoms with E-state index in [9.17, 15) is 9.18 Å². The molecule has 100 valence electrons. The number of aryl methyl sites for hydroxylation is 2. The van der Waals surface area contributed by atoms with Crippen molar-refractivity contribution in [3.05, 3.63) is 41.5 Å². The van der Waals surface area contributed by atoms with Gasteiger partial charge in [0.1, 0.15) is 5.82 Å². The first-order valence-electron chi connectivity index (χ1n) is 6.37. The fourth-order valence-electron chi connectivity index (χ4n) is 2.17. The highest BCUT2D eigenvalue weighted by molar-refractivity contribution is 6.01. The standard InChI is InChI=1S/C15H17FN2O/c1-4-7-18-9-15(10(2)17-18)14-8-12(16)5-6-13(14)11(3)19/h5-6,8-9H,4,7H2,1-3H3. The Labute approximate surface area is 112 Å². The molecule has 0 fully saturated rings. The van der Waals surface area contributed by atoms with Crippen LogP contribution in [0.25, 0.3) is 11.1 Å². The van der Waals surface area contributed by atoms with E-state index in [-0.39, 0.29) is 11.6 Å². The topological polar surface area (TPSA) is 34.9 Å². The lowest BCUT2D eigenvalue weighted by Crippen LogP contribution is -1.97. The quantitative estimate of drug-likeness (QED) is 0.787. The van der Waals surface area contributed by atoms with Crippen molar-refractivity contribution in [1.29, 1.82) is 0 Å². The third kappa shape index (κ3) is 2.72. The van der Waals surface area contributed by atoms with E-state index in [2.05, 4.69) is 12.0 Å². The van der Waals surface area contributed by atoms with Gasteiger partial charge in [-0.15, -0.1) is 0 Å². The van der Waals surface area contributed by atoms with Crippen LogP contribution in [0.2, 0.25) is 0 Å². The first kappa shape index (κ1) is 13.5. The molecule has 0 unspecified atom stereocenters. The molecule has 0 N–H and O–H groups in total. The summed E-state index contributed by atoms with van der Waals surface area (Å²) in [4.78, 5) is 11.6. The van der Waals surface area contributed by atoms with Gasteiger partial charge in [-0.25, -0.2) is 4.39 Å². The van der Waals surface area contributed by atoms with Gasteiger partial charge in [0.25, 0.3) is 0 Å². The van der Waals surface area contributed by atoms with E-state index >= 15 is 0 Å². The molecule has 0 aliphatic rings. The van der Waals surface area contributed by atoms with Crippen LogP contribution in [0.4, 0.5) is 4.39 Å². The first-order valence-corrected chi connectivity index (χ1v) is 6.37. The van der Waals surface area contributed by atoms with Crippen molar-refractivity contribution in [3.63, 3.8) is 0 Å². The largest absolute Gasteiger partial charge is 0.294 e. The highest BCUT2D eigenvalue weighted by Gasteiger charge is 2.14. The number of nitrogens with zero attached hydrogens (tertiary/aromatic N) is 2. The maximum atomic E-state index is 13.4. The average molecular weight is 260 g/mol. The van der Waals surface area contributed by atoms with E-state index < -0.39 is 0 Å². The lowest BCUT2D eigenvalue weighted by atomic mass is 9.98. The zero-order valence-corrected chi connectivity index (χ0v) is 11.4. The minimum Gasteiger partial charge on any atom is -0.294 e. The Morgan fingerprint density at radius 2 is 2.11 bits per heavy atom. The van der Waals surface area contributed by atoms with Gasteiger partial charge < -0.3 is 0 Å². The van der Waals surface area contributed by atoms with Crippen molar-refractivity contribution in [1.82, 2.24) is 9.78 Å². The lowest BCUT2D eigenvalue weighted by Gasteiger charge is -2.06. The predicted molar refractivity (Wildman–Crippen MR) is 72.7 cm³/mol. The van der Waals surface area contributed by atoms with E-state index in [0.29, 0.717) is 11.1 Å². The molecule has 0 bridgehead atoms. The van der Waals surface area contributed by atoms with E-state index in [1.165, 1.54) is 25.1 Å². The van der Waals surface area contributed by atoms with Gasteiger partial charge in [0.2, 0.25) is 0 Å². The molecule has 19 heavy (non-hydrogen) atoms. The van der Waals surface area contributed by atoms with Gasteiger partial charge in [0.15, 0.2) is 5.78 Å². The van der Waals surface area contributed by atoms with E-state index in [1.807, 2.05) is 17.8 Å². The van der Waals surface area contributed by atoms with Crippen molar-refractivity contribution in [2.75, 3.05) is 0 Å². The van der Waals surface area contributed by atoms with Crippen molar-refractivity contribution >= 4 is 5.78 Å². The molecule has 2 rings (SSSR count). The molecular weight excluding hydrogens is 243 g/mol. The molecule has 0 saturated carbocycles. The van der Waals surface area contributed by atoms with Crippen LogP contribution in [-0.4, -0.2) is 15.6 Å². The van der Waals surface area contributed by atoms with Gasteiger partial charge in [-0.3, -0.25) is 9.48 Å². The monoisotopic (exact) mass is 260 g/mol. The molecule has 0 atom stereocenters. The molecule has 0 aliphatic carbocycles. The van der Waals surface area contributed by atoms with Crippen LogP contribution in [0.3, 0.4) is 0 Å². The maximum Gasteiger partial charge on any atom is 0.160 e. The molecule has 0 saturated heterocycles. The second-order valence-corrected chi connectivity index (χ2v) is 4.64. The number of carbonyl (C=O) groups excluding carboxylic acids is 1. The minimum atomic E-state index is -0.345. The van der Waals surface area contributed by atoms with Crippen LogP contribution >= 0.6 is 0 Å². The Balaban J connectivity index is 2.57. The Morgan fingerprint density at radius 1 is 1.37 bits per heavy atom. The summed E-state index contributed by atoms with van der Waals surface area (Å²) in [5.74, 6) is -0.416. The number of aromatic nitrogens is 2. The molecule has 0 aliphatic heterocycles. The molecule has 0 spiro atoms. The summed E-state index contributed by atoms with van der Waals surface area (Å²) in [5.41, 5.74) is 2.77. The summed E-state index contributed by atoms with van der Waals surface area (Å²) >= 11 is 0. The van der Waals surface area contributed by atoms with Crippen molar-refractivity contribution in [2.24, 2.45) is 0 Å². The number of benzene rings is 1. The third-order valence-corrected chi connectivity index (χ3v) is 3.05. The average Bonchev–Trinajstić information content (AvgIpc) is 2.70. The van der Waals surface area contributed by atoms with Crippen LogP contribution in [0, 0.1) is 12.7 Å². The van der Waals surface area contributed by atoms with Crippen LogP contribution in [0.15, 0.2) is 24.4 Å². The van der Waals surface area contributed by atoms with Crippen LogP contribution in [-0.2, 0) is 6.54 Å². The summed E-state index contributed by atoms with van der Waals surface area (Å²) in [6.07, 6.45) is 2.85. The molecule has 1 aromatic carbocycles. The molecule has 1 aromatic heterocycles. The second-order valence-electron chi connectivity index (χ2n) is 4.64. The Bertz CT molecular complexity index is 617. The van der Waals surface area contributed by atoms with Crippen LogP contribution < -0.4 is 0 Å². The van der Waals surface area contributed by atoms with Crippen LogP contribution in [0.5, 0.6) is 0 Å². The summed E-state index contributed by atoms with van der Waals surface area (Å²) in [6.45, 7) is 6.24. The molecular formula is C15H17FN2O. The number of Topliss-reactive ketones (excluding diaryl/α,β-unsaturated/α-hetero) is 1. The van der Waals surface area contributed by atoms with Crippen molar-refractivity contribution in [2.45, 2.75) is 33.7 Å². The summed E-state index contributed by atoms with van der Waals surface area (Å²) in [6, 6.07) is 4.24. The summed E-state index contributed by atoms with van der Waals surface area (Å²) in [7, 11) is 0. The number of carbonyl (C=O) groups is 1. The fraction of sp³-hybridized carbons (Fsp3) is 0.333. The molecule has 4 heteroatoms.